The number of amides is 2. The first-order valence-corrected chi connectivity index (χ1v) is 13.3. The smallest absolute Gasteiger partial charge is 0.270 e. The molecule has 194 valence electrons. The first-order valence-electron chi connectivity index (χ1n) is 12.1. The quantitative estimate of drug-likeness (QED) is 0.191. The first-order chi connectivity index (χ1) is 18.9. The lowest BCUT2D eigenvalue weighted by Crippen LogP contribution is -2.27. The summed E-state index contributed by atoms with van der Waals surface area (Å²) in [6.07, 6.45) is 1.79. The van der Waals surface area contributed by atoms with Gasteiger partial charge in [0.05, 0.1) is 10.6 Å². The SMILES string of the molecule is Cc1ccc(COc2ccc(/C=C3/SC(=S)N(c4cccc(C(=O)Nc5ccc(F)cc5)c4)C3=O)cc2)cc1. The van der Waals surface area contributed by atoms with Gasteiger partial charge in [-0.25, -0.2) is 4.39 Å². The fraction of sp³-hybridized carbons (Fsp3) is 0.0645. The van der Waals surface area contributed by atoms with Crippen molar-refractivity contribution in [1.29, 1.82) is 0 Å². The summed E-state index contributed by atoms with van der Waals surface area (Å²) in [6, 6.07) is 27.8. The minimum absolute atomic E-state index is 0.263. The molecule has 5 rings (SSSR count). The number of aryl methyl sites for hydroxylation is 1. The summed E-state index contributed by atoms with van der Waals surface area (Å²) in [5.74, 6) is -0.300. The minimum Gasteiger partial charge on any atom is -0.489 e. The van der Waals surface area contributed by atoms with Gasteiger partial charge in [0.1, 0.15) is 18.2 Å². The number of ether oxygens (including phenoxy) is 1. The zero-order chi connectivity index (χ0) is 27.4. The maximum absolute atomic E-state index is 13.3. The van der Waals surface area contributed by atoms with Crippen molar-refractivity contribution in [2.24, 2.45) is 0 Å². The van der Waals surface area contributed by atoms with Crippen LogP contribution >= 0.6 is 24.0 Å². The molecule has 4 aromatic rings. The standard InChI is InChI=1S/C31H23FN2O3S2/c1-20-5-7-22(8-6-20)19-37-27-15-9-21(10-16-27)17-28-30(36)34(31(38)39-28)26-4-2-3-23(18-26)29(35)33-25-13-11-24(32)12-14-25/h2-18H,19H2,1H3,(H,33,35)/b28-17+. The van der Waals surface area contributed by atoms with Crippen LogP contribution in [0.5, 0.6) is 5.75 Å². The van der Waals surface area contributed by atoms with Crippen LogP contribution in [0.1, 0.15) is 27.0 Å². The van der Waals surface area contributed by atoms with Crippen molar-refractivity contribution < 1.29 is 18.7 Å². The lowest BCUT2D eigenvalue weighted by atomic mass is 10.1. The predicted molar refractivity (Wildman–Crippen MR) is 158 cm³/mol. The topological polar surface area (TPSA) is 58.6 Å². The summed E-state index contributed by atoms with van der Waals surface area (Å²) in [7, 11) is 0. The third kappa shape index (κ3) is 6.42. The largest absolute Gasteiger partial charge is 0.489 e. The van der Waals surface area contributed by atoms with Crippen molar-refractivity contribution in [3.63, 3.8) is 0 Å². The molecule has 0 aromatic heterocycles. The Labute approximate surface area is 235 Å². The van der Waals surface area contributed by atoms with Crippen molar-refractivity contribution in [2.75, 3.05) is 10.2 Å². The van der Waals surface area contributed by atoms with Gasteiger partial charge in [-0.1, -0.05) is 72.0 Å². The zero-order valence-electron chi connectivity index (χ0n) is 20.9. The summed E-state index contributed by atoms with van der Waals surface area (Å²) in [5, 5.41) is 2.72. The van der Waals surface area contributed by atoms with Crippen LogP contribution in [0.3, 0.4) is 0 Å². The van der Waals surface area contributed by atoms with Gasteiger partial charge in [0.25, 0.3) is 11.8 Å². The van der Waals surface area contributed by atoms with Crippen LogP contribution in [0, 0.1) is 12.7 Å². The van der Waals surface area contributed by atoms with Gasteiger partial charge in [0.15, 0.2) is 4.32 Å². The Kier molecular flexibility index (Phi) is 7.86. The molecule has 5 nitrogen and oxygen atoms in total. The summed E-state index contributed by atoms with van der Waals surface area (Å²) < 4.78 is 19.4. The van der Waals surface area contributed by atoms with Crippen LogP contribution in [0.25, 0.3) is 6.08 Å². The molecule has 0 saturated carbocycles. The Morgan fingerprint density at radius 1 is 1.00 bits per heavy atom. The maximum Gasteiger partial charge on any atom is 0.270 e. The number of thioether (sulfide) groups is 1. The van der Waals surface area contributed by atoms with Gasteiger partial charge in [-0.3, -0.25) is 14.5 Å². The number of halogens is 1. The average Bonchev–Trinajstić information content (AvgIpc) is 3.22. The second-order valence-electron chi connectivity index (χ2n) is 8.87. The first kappa shape index (κ1) is 26.3. The van der Waals surface area contributed by atoms with Gasteiger partial charge in [-0.15, -0.1) is 0 Å². The van der Waals surface area contributed by atoms with Gasteiger partial charge in [-0.2, -0.15) is 0 Å². The second kappa shape index (κ2) is 11.6. The molecule has 0 spiro atoms. The molecule has 0 bridgehead atoms. The van der Waals surface area contributed by atoms with Crippen LogP contribution in [0.4, 0.5) is 15.8 Å². The van der Waals surface area contributed by atoms with E-state index in [1.54, 1.807) is 30.3 Å². The molecule has 4 aromatic carbocycles. The number of benzene rings is 4. The van der Waals surface area contributed by atoms with E-state index in [0.717, 1.165) is 16.9 Å². The van der Waals surface area contributed by atoms with Crippen molar-refractivity contribution >= 4 is 57.6 Å². The molecule has 1 saturated heterocycles. The second-order valence-corrected chi connectivity index (χ2v) is 10.5. The molecule has 1 N–H and O–H groups in total. The number of nitrogens with zero attached hydrogens (tertiary/aromatic N) is 1. The van der Waals surface area contributed by atoms with E-state index in [2.05, 4.69) is 17.4 Å². The maximum atomic E-state index is 13.3. The molecule has 1 aliphatic rings. The zero-order valence-corrected chi connectivity index (χ0v) is 22.5. The van der Waals surface area contributed by atoms with Gasteiger partial charge < -0.3 is 10.1 Å². The van der Waals surface area contributed by atoms with E-state index in [-0.39, 0.29) is 17.6 Å². The molecule has 2 amide bonds. The van der Waals surface area contributed by atoms with Gasteiger partial charge in [-0.05, 0) is 78.7 Å². The van der Waals surface area contributed by atoms with E-state index in [4.69, 9.17) is 17.0 Å². The Bertz CT molecular complexity index is 1570. The van der Waals surface area contributed by atoms with Crippen molar-refractivity contribution in [3.05, 3.63) is 130 Å². The fourth-order valence-corrected chi connectivity index (χ4v) is 5.17. The third-order valence-corrected chi connectivity index (χ3v) is 7.27. The molecule has 0 aliphatic carbocycles. The molecular weight excluding hydrogens is 531 g/mol. The van der Waals surface area contributed by atoms with Gasteiger partial charge in [0, 0.05) is 11.3 Å². The predicted octanol–water partition coefficient (Wildman–Crippen LogP) is 7.37. The third-order valence-electron chi connectivity index (χ3n) is 5.97. The average molecular weight is 555 g/mol. The number of nitrogens with one attached hydrogen (secondary N) is 1. The van der Waals surface area contributed by atoms with Crippen molar-refractivity contribution in [3.8, 4) is 5.75 Å². The molecule has 1 aliphatic heterocycles. The Balaban J connectivity index is 1.26. The highest BCUT2D eigenvalue weighted by Crippen LogP contribution is 2.36. The number of anilines is 2. The van der Waals surface area contributed by atoms with E-state index in [1.165, 1.54) is 46.5 Å². The molecule has 0 radical (unpaired) electrons. The minimum atomic E-state index is -0.389. The van der Waals surface area contributed by atoms with Crippen molar-refractivity contribution in [1.82, 2.24) is 0 Å². The van der Waals surface area contributed by atoms with Crippen LogP contribution in [0.15, 0.2) is 102 Å². The number of rotatable bonds is 7. The highest BCUT2D eigenvalue weighted by molar-refractivity contribution is 8.27. The molecule has 0 unspecified atom stereocenters. The molecule has 1 heterocycles. The summed E-state index contributed by atoms with van der Waals surface area (Å²) in [5.41, 5.74) is 4.43. The molecular formula is C31H23FN2O3S2. The van der Waals surface area contributed by atoms with E-state index in [9.17, 15) is 14.0 Å². The van der Waals surface area contributed by atoms with E-state index in [0.29, 0.717) is 32.8 Å². The Morgan fingerprint density at radius 2 is 1.72 bits per heavy atom. The summed E-state index contributed by atoms with van der Waals surface area (Å²) >= 11 is 6.70. The van der Waals surface area contributed by atoms with Crippen LogP contribution in [0.2, 0.25) is 0 Å². The van der Waals surface area contributed by atoms with E-state index < -0.39 is 0 Å². The van der Waals surface area contributed by atoms with Crippen LogP contribution in [-0.4, -0.2) is 16.1 Å². The van der Waals surface area contributed by atoms with Gasteiger partial charge >= 0.3 is 0 Å². The summed E-state index contributed by atoms with van der Waals surface area (Å²) in [6.45, 7) is 2.52. The monoisotopic (exact) mass is 554 g/mol. The summed E-state index contributed by atoms with van der Waals surface area (Å²) in [4.78, 5) is 27.9. The number of thiocarbonyl (C=S) groups is 1. The highest BCUT2D eigenvalue weighted by Gasteiger charge is 2.33. The van der Waals surface area contributed by atoms with E-state index in [1.807, 2.05) is 43.3 Å². The lowest BCUT2D eigenvalue weighted by molar-refractivity contribution is -0.113. The van der Waals surface area contributed by atoms with E-state index >= 15 is 0 Å². The normalized spacial score (nSPS) is 14.1. The fourth-order valence-electron chi connectivity index (χ4n) is 3.88. The lowest BCUT2D eigenvalue weighted by Gasteiger charge is -2.15. The van der Waals surface area contributed by atoms with Gasteiger partial charge in [0.2, 0.25) is 0 Å². The number of hydrogen-bond donors (Lipinski definition) is 1. The Morgan fingerprint density at radius 3 is 2.44 bits per heavy atom. The number of carbonyl (C=O) groups is 2. The molecule has 39 heavy (non-hydrogen) atoms. The molecule has 1 fully saturated rings. The van der Waals surface area contributed by atoms with Crippen molar-refractivity contribution in [2.45, 2.75) is 13.5 Å². The highest BCUT2D eigenvalue weighted by atomic mass is 32.2. The molecule has 0 atom stereocenters. The van der Waals surface area contributed by atoms with Crippen LogP contribution in [-0.2, 0) is 11.4 Å². The number of hydrogen-bond acceptors (Lipinski definition) is 5. The van der Waals surface area contributed by atoms with Crippen LogP contribution < -0.4 is 15.0 Å². The number of carbonyl (C=O) groups excluding carboxylic acids is 2. The Hall–Kier alpha value is -4.27. The molecule has 8 heteroatoms.